The van der Waals surface area contributed by atoms with Crippen LogP contribution >= 0.6 is 0 Å². The molecule has 0 aliphatic heterocycles. The highest BCUT2D eigenvalue weighted by atomic mass is 16.6. The standard InChI is InChI=1S/C11H17NO2/c1-4-14-12-9(2)10-5-7-11(13-3)8-6-10/h5-9,12H,4H2,1-3H3. The average molecular weight is 195 g/mol. The summed E-state index contributed by atoms with van der Waals surface area (Å²) in [6.45, 7) is 4.67. The molecule has 0 saturated carbocycles. The molecule has 1 unspecified atom stereocenters. The second-order valence-electron chi connectivity index (χ2n) is 3.05. The first kappa shape index (κ1) is 11.0. The zero-order valence-electron chi connectivity index (χ0n) is 8.91. The smallest absolute Gasteiger partial charge is 0.118 e. The van der Waals surface area contributed by atoms with Crippen molar-refractivity contribution >= 4 is 0 Å². The lowest BCUT2D eigenvalue weighted by Crippen LogP contribution is -2.18. The van der Waals surface area contributed by atoms with Gasteiger partial charge in [-0.25, -0.2) is 0 Å². The Labute approximate surface area is 85.0 Å². The normalized spacial score (nSPS) is 12.5. The molecule has 0 heterocycles. The number of rotatable bonds is 5. The van der Waals surface area contributed by atoms with Gasteiger partial charge in [0.2, 0.25) is 0 Å². The van der Waals surface area contributed by atoms with Crippen molar-refractivity contribution in [3.8, 4) is 5.75 Å². The molecular formula is C11H17NO2. The molecule has 0 aliphatic carbocycles. The zero-order chi connectivity index (χ0) is 10.4. The molecule has 0 bridgehead atoms. The molecule has 0 spiro atoms. The largest absolute Gasteiger partial charge is 0.497 e. The minimum Gasteiger partial charge on any atom is -0.497 e. The lowest BCUT2D eigenvalue weighted by Gasteiger charge is -2.13. The number of nitrogens with one attached hydrogen (secondary N) is 1. The van der Waals surface area contributed by atoms with Gasteiger partial charge in [-0.05, 0) is 31.5 Å². The first-order valence-electron chi connectivity index (χ1n) is 4.79. The molecule has 1 atom stereocenters. The van der Waals surface area contributed by atoms with E-state index in [4.69, 9.17) is 9.57 Å². The van der Waals surface area contributed by atoms with E-state index in [0.29, 0.717) is 6.61 Å². The van der Waals surface area contributed by atoms with Crippen LogP contribution in [0.2, 0.25) is 0 Å². The van der Waals surface area contributed by atoms with Crippen LogP contribution in [0.5, 0.6) is 5.75 Å². The van der Waals surface area contributed by atoms with E-state index < -0.39 is 0 Å². The number of benzene rings is 1. The van der Waals surface area contributed by atoms with E-state index in [9.17, 15) is 0 Å². The Morgan fingerprint density at radius 3 is 2.43 bits per heavy atom. The van der Waals surface area contributed by atoms with E-state index in [2.05, 4.69) is 12.4 Å². The van der Waals surface area contributed by atoms with Gasteiger partial charge in [-0.3, -0.25) is 0 Å². The fourth-order valence-corrected chi connectivity index (χ4v) is 1.17. The third kappa shape index (κ3) is 3.01. The van der Waals surface area contributed by atoms with Crippen molar-refractivity contribution in [1.29, 1.82) is 0 Å². The van der Waals surface area contributed by atoms with Gasteiger partial charge < -0.3 is 9.57 Å². The van der Waals surface area contributed by atoms with Crippen molar-refractivity contribution in [3.05, 3.63) is 29.8 Å². The number of hydrogen-bond acceptors (Lipinski definition) is 3. The average Bonchev–Trinajstić information content (AvgIpc) is 2.26. The SMILES string of the molecule is CCONC(C)c1ccc(OC)cc1. The van der Waals surface area contributed by atoms with Crippen LogP contribution in [0.1, 0.15) is 25.5 Å². The molecule has 14 heavy (non-hydrogen) atoms. The fourth-order valence-electron chi connectivity index (χ4n) is 1.17. The van der Waals surface area contributed by atoms with Crippen LogP contribution in [0.25, 0.3) is 0 Å². The lowest BCUT2D eigenvalue weighted by molar-refractivity contribution is 0.0285. The minimum atomic E-state index is 0.195. The van der Waals surface area contributed by atoms with E-state index in [1.54, 1.807) is 7.11 Å². The number of ether oxygens (including phenoxy) is 1. The molecule has 3 heteroatoms. The molecule has 0 aliphatic rings. The summed E-state index contributed by atoms with van der Waals surface area (Å²) in [5, 5.41) is 0. The van der Waals surface area contributed by atoms with Gasteiger partial charge in [0.25, 0.3) is 0 Å². The quantitative estimate of drug-likeness (QED) is 0.731. The summed E-state index contributed by atoms with van der Waals surface area (Å²) in [7, 11) is 1.66. The van der Waals surface area contributed by atoms with Crippen LogP contribution in [-0.2, 0) is 4.84 Å². The zero-order valence-corrected chi connectivity index (χ0v) is 8.91. The van der Waals surface area contributed by atoms with Crippen molar-refractivity contribution in [2.45, 2.75) is 19.9 Å². The summed E-state index contributed by atoms with van der Waals surface area (Å²) in [5.74, 6) is 0.873. The van der Waals surface area contributed by atoms with E-state index >= 15 is 0 Å². The Kier molecular flexibility index (Phi) is 4.43. The molecule has 1 rings (SSSR count). The third-order valence-electron chi connectivity index (χ3n) is 2.02. The second-order valence-corrected chi connectivity index (χ2v) is 3.05. The fraction of sp³-hybridized carbons (Fsp3) is 0.455. The Bertz CT molecular complexity index is 258. The van der Waals surface area contributed by atoms with Gasteiger partial charge >= 0.3 is 0 Å². The minimum absolute atomic E-state index is 0.195. The van der Waals surface area contributed by atoms with Crippen molar-refractivity contribution in [1.82, 2.24) is 5.48 Å². The monoisotopic (exact) mass is 195 g/mol. The number of hydroxylamine groups is 1. The van der Waals surface area contributed by atoms with Gasteiger partial charge in [0.1, 0.15) is 5.75 Å². The summed E-state index contributed by atoms with van der Waals surface area (Å²) >= 11 is 0. The van der Waals surface area contributed by atoms with E-state index in [0.717, 1.165) is 5.75 Å². The van der Waals surface area contributed by atoms with Crippen LogP contribution < -0.4 is 10.2 Å². The summed E-state index contributed by atoms with van der Waals surface area (Å²) in [4.78, 5) is 5.13. The Balaban J connectivity index is 2.57. The van der Waals surface area contributed by atoms with Gasteiger partial charge in [0, 0.05) is 0 Å². The highest BCUT2D eigenvalue weighted by Gasteiger charge is 2.03. The Morgan fingerprint density at radius 2 is 1.93 bits per heavy atom. The predicted octanol–water partition coefficient (Wildman–Crippen LogP) is 2.30. The third-order valence-corrected chi connectivity index (χ3v) is 2.02. The van der Waals surface area contributed by atoms with Crippen molar-refractivity contribution in [3.63, 3.8) is 0 Å². The Morgan fingerprint density at radius 1 is 1.29 bits per heavy atom. The molecule has 1 N–H and O–H groups in total. The van der Waals surface area contributed by atoms with Crippen LogP contribution in [0.3, 0.4) is 0 Å². The molecule has 1 aromatic rings. The molecule has 78 valence electrons. The molecule has 0 saturated heterocycles. The number of methoxy groups -OCH3 is 1. The van der Waals surface area contributed by atoms with Gasteiger partial charge in [0.15, 0.2) is 0 Å². The Hall–Kier alpha value is -1.06. The van der Waals surface area contributed by atoms with Crippen LogP contribution in [0, 0.1) is 0 Å². The number of hydrogen-bond donors (Lipinski definition) is 1. The van der Waals surface area contributed by atoms with Gasteiger partial charge in [-0.2, -0.15) is 5.48 Å². The molecule has 1 aromatic carbocycles. The molecule has 0 radical (unpaired) electrons. The maximum atomic E-state index is 5.13. The maximum absolute atomic E-state index is 5.13. The summed E-state index contributed by atoms with van der Waals surface area (Å²) in [6.07, 6.45) is 0. The lowest BCUT2D eigenvalue weighted by atomic mass is 10.1. The summed E-state index contributed by atoms with van der Waals surface area (Å²) < 4.78 is 5.08. The van der Waals surface area contributed by atoms with Crippen LogP contribution in [0.4, 0.5) is 0 Å². The topological polar surface area (TPSA) is 30.5 Å². The molecule has 3 nitrogen and oxygen atoms in total. The maximum Gasteiger partial charge on any atom is 0.118 e. The van der Waals surface area contributed by atoms with Crippen LogP contribution in [0.15, 0.2) is 24.3 Å². The summed E-state index contributed by atoms with van der Waals surface area (Å²) in [5.41, 5.74) is 4.13. The highest BCUT2D eigenvalue weighted by molar-refractivity contribution is 5.28. The van der Waals surface area contributed by atoms with Crippen LogP contribution in [-0.4, -0.2) is 13.7 Å². The van der Waals surface area contributed by atoms with Crippen molar-refractivity contribution in [2.24, 2.45) is 0 Å². The van der Waals surface area contributed by atoms with Gasteiger partial charge in [-0.1, -0.05) is 12.1 Å². The predicted molar refractivity (Wildman–Crippen MR) is 56.2 cm³/mol. The summed E-state index contributed by atoms with van der Waals surface area (Å²) in [6, 6.07) is 8.13. The first-order chi connectivity index (χ1) is 6.77. The van der Waals surface area contributed by atoms with Crippen molar-refractivity contribution < 1.29 is 9.57 Å². The molecule has 0 amide bonds. The molecule has 0 fully saturated rings. The van der Waals surface area contributed by atoms with Crippen molar-refractivity contribution in [2.75, 3.05) is 13.7 Å². The second kappa shape index (κ2) is 5.62. The van der Waals surface area contributed by atoms with E-state index in [1.165, 1.54) is 5.56 Å². The first-order valence-corrected chi connectivity index (χ1v) is 4.79. The van der Waals surface area contributed by atoms with E-state index in [1.807, 2.05) is 31.2 Å². The van der Waals surface area contributed by atoms with Gasteiger partial charge in [-0.15, -0.1) is 0 Å². The van der Waals surface area contributed by atoms with Gasteiger partial charge in [0.05, 0.1) is 19.8 Å². The molecular weight excluding hydrogens is 178 g/mol. The highest BCUT2D eigenvalue weighted by Crippen LogP contribution is 2.16. The molecule has 0 aromatic heterocycles. The van der Waals surface area contributed by atoms with E-state index in [-0.39, 0.29) is 6.04 Å².